The lowest BCUT2D eigenvalue weighted by molar-refractivity contribution is 0.284. The first-order chi connectivity index (χ1) is 12.8. The third kappa shape index (κ3) is 4.15. The molecule has 0 atom stereocenters. The fraction of sp³-hybridized carbons (Fsp3) is 0.111. The minimum absolute atomic E-state index is 0.217. The van der Waals surface area contributed by atoms with Crippen LogP contribution in [0, 0.1) is 11.3 Å². The highest BCUT2D eigenvalue weighted by Gasteiger charge is 2.08. The van der Waals surface area contributed by atoms with Gasteiger partial charge >= 0.3 is 0 Å². The van der Waals surface area contributed by atoms with Crippen LogP contribution in [0.4, 0.5) is 5.69 Å². The van der Waals surface area contributed by atoms with Crippen LogP contribution in [0.5, 0.6) is 11.5 Å². The van der Waals surface area contributed by atoms with E-state index < -0.39 is 0 Å². The zero-order chi connectivity index (χ0) is 18.2. The predicted octanol–water partition coefficient (Wildman–Crippen LogP) is 2.76. The Kier molecular flexibility index (Phi) is 5.42. The summed E-state index contributed by atoms with van der Waals surface area (Å²) in [6.45, 7) is 0.445. The van der Waals surface area contributed by atoms with Crippen molar-refractivity contribution in [1.29, 1.82) is 5.26 Å². The van der Waals surface area contributed by atoms with Crippen molar-refractivity contribution in [2.45, 2.75) is 6.61 Å². The van der Waals surface area contributed by atoms with Gasteiger partial charge < -0.3 is 14.8 Å². The van der Waals surface area contributed by atoms with E-state index in [1.54, 1.807) is 19.2 Å². The highest BCUT2D eigenvalue weighted by Crippen LogP contribution is 2.31. The molecule has 0 unspecified atom stereocenters. The van der Waals surface area contributed by atoms with Crippen LogP contribution < -0.4 is 14.8 Å². The number of benzene rings is 2. The molecule has 0 saturated heterocycles. The van der Waals surface area contributed by atoms with E-state index in [4.69, 9.17) is 9.47 Å². The van der Waals surface area contributed by atoms with Gasteiger partial charge in [-0.2, -0.15) is 10.5 Å². The Labute approximate surface area is 150 Å². The standard InChI is InChI=1S/C18H16N6O2/c1-25-17-9-15(20-11-14(10-19)18-21-23-24-22-18)7-8-16(17)26-12-13-5-3-2-4-6-13/h2-9,11,20H,12H2,1H3,(H,21,22,23,24). The van der Waals surface area contributed by atoms with E-state index in [-0.39, 0.29) is 11.4 Å². The quantitative estimate of drug-likeness (QED) is 0.632. The number of tetrazole rings is 1. The smallest absolute Gasteiger partial charge is 0.216 e. The summed E-state index contributed by atoms with van der Waals surface area (Å²) in [5.41, 5.74) is 2.05. The van der Waals surface area contributed by atoms with Gasteiger partial charge in [-0.15, -0.1) is 10.2 Å². The number of nitriles is 1. The average molecular weight is 348 g/mol. The minimum Gasteiger partial charge on any atom is -0.493 e. The lowest BCUT2D eigenvalue weighted by atomic mass is 10.2. The number of aromatic amines is 1. The van der Waals surface area contributed by atoms with Crippen molar-refractivity contribution >= 4 is 11.3 Å². The van der Waals surface area contributed by atoms with Crippen LogP contribution >= 0.6 is 0 Å². The maximum Gasteiger partial charge on any atom is 0.216 e. The van der Waals surface area contributed by atoms with Gasteiger partial charge in [0.15, 0.2) is 11.5 Å². The molecule has 1 aromatic heterocycles. The van der Waals surface area contributed by atoms with Crippen LogP contribution in [0.1, 0.15) is 11.4 Å². The SMILES string of the molecule is COc1cc(NC=C(C#N)c2nn[nH]n2)ccc1OCc1ccccc1. The van der Waals surface area contributed by atoms with Crippen LogP contribution in [-0.4, -0.2) is 27.7 Å². The summed E-state index contributed by atoms with van der Waals surface area (Å²) in [5, 5.41) is 25.5. The summed E-state index contributed by atoms with van der Waals surface area (Å²) in [6.07, 6.45) is 1.50. The third-order valence-corrected chi connectivity index (χ3v) is 3.49. The molecule has 1 heterocycles. The lowest BCUT2D eigenvalue weighted by Crippen LogP contribution is -1.99. The second-order valence-corrected chi connectivity index (χ2v) is 5.19. The zero-order valence-corrected chi connectivity index (χ0v) is 14.0. The summed E-state index contributed by atoms with van der Waals surface area (Å²) in [4.78, 5) is 0. The number of H-pyrrole nitrogens is 1. The Balaban J connectivity index is 1.71. The van der Waals surface area contributed by atoms with E-state index in [1.165, 1.54) is 6.20 Å². The molecule has 2 N–H and O–H groups in total. The Bertz CT molecular complexity index is 917. The van der Waals surface area contributed by atoms with Crippen molar-refractivity contribution < 1.29 is 9.47 Å². The molecule has 26 heavy (non-hydrogen) atoms. The molecule has 0 saturated carbocycles. The number of methoxy groups -OCH3 is 1. The number of nitrogens with zero attached hydrogens (tertiary/aromatic N) is 4. The molecule has 8 nitrogen and oxygen atoms in total. The second-order valence-electron chi connectivity index (χ2n) is 5.19. The van der Waals surface area contributed by atoms with Crippen molar-refractivity contribution in [3.05, 3.63) is 66.1 Å². The first-order valence-corrected chi connectivity index (χ1v) is 7.75. The second kappa shape index (κ2) is 8.30. The first kappa shape index (κ1) is 17.0. The Morgan fingerprint density at radius 3 is 2.77 bits per heavy atom. The molecule has 0 aliphatic rings. The largest absolute Gasteiger partial charge is 0.493 e. The molecule has 130 valence electrons. The zero-order valence-electron chi connectivity index (χ0n) is 14.0. The number of nitrogens with one attached hydrogen (secondary N) is 2. The lowest BCUT2D eigenvalue weighted by Gasteiger charge is -2.12. The highest BCUT2D eigenvalue weighted by molar-refractivity contribution is 5.74. The number of rotatable bonds is 7. The summed E-state index contributed by atoms with van der Waals surface area (Å²) in [5.74, 6) is 1.43. The molecule has 0 spiro atoms. The van der Waals surface area contributed by atoms with E-state index in [0.717, 1.165) is 11.3 Å². The highest BCUT2D eigenvalue weighted by atomic mass is 16.5. The topological polar surface area (TPSA) is 109 Å². The summed E-state index contributed by atoms with van der Waals surface area (Å²) in [6, 6.07) is 17.3. The molecule has 3 rings (SSSR count). The van der Waals surface area contributed by atoms with E-state index in [0.29, 0.717) is 18.1 Å². The van der Waals surface area contributed by atoms with Gasteiger partial charge in [0.2, 0.25) is 5.82 Å². The van der Waals surface area contributed by atoms with Gasteiger partial charge in [-0.25, -0.2) is 0 Å². The van der Waals surface area contributed by atoms with E-state index in [2.05, 4.69) is 25.9 Å². The van der Waals surface area contributed by atoms with Crippen molar-refractivity contribution in [2.24, 2.45) is 0 Å². The molecule has 0 radical (unpaired) electrons. The van der Waals surface area contributed by atoms with Crippen LogP contribution in [0.25, 0.3) is 5.57 Å². The van der Waals surface area contributed by atoms with Gasteiger partial charge in [0.25, 0.3) is 0 Å². The maximum absolute atomic E-state index is 9.17. The first-order valence-electron chi connectivity index (χ1n) is 7.75. The molecule has 0 bridgehead atoms. The number of allylic oxidation sites excluding steroid dienone is 1. The van der Waals surface area contributed by atoms with Gasteiger partial charge in [0.1, 0.15) is 18.2 Å². The number of hydrogen-bond acceptors (Lipinski definition) is 7. The Morgan fingerprint density at radius 1 is 1.23 bits per heavy atom. The van der Waals surface area contributed by atoms with Crippen molar-refractivity contribution in [3.8, 4) is 17.6 Å². The Hall–Kier alpha value is -3.86. The van der Waals surface area contributed by atoms with Crippen molar-refractivity contribution in [1.82, 2.24) is 20.6 Å². The Morgan fingerprint density at radius 2 is 2.08 bits per heavy atom. The van der Waals surface area contributed by atoms with Crippen molar-refractivity contribution in [3.63, 3.8) is 0 Å². The summed E-state index contributed by atoms with van der Waals surface area (Å²) in [7, 11) is 1.57. The van der Waals surface area contributed by atoms with Crippen LogP contribution in [0.3, 0.4) is 0 Å². The maximum atomic E-state index is 9.17. The molecule has 0 fully saturated rings. The van der Waals surface area contributed by atoms with E-state index >= 15 is 0 Å². The molecule has 0 aliphatic heterocycles. The number of aromatic nitrogens is 4. The average Bonchev–Trinajstić information content (AvgIpc) is 3.22. The fourth-order valence-electron chi connectivity index (χ4n) is 2.19. The third-order valence-electron chi connectivity index (χ3n) is 3.49. The van der Waals surface area contributed by atoms with Crippen LogP contribution in [0.15, 0.2) is 54.7 Å². The molecule has 3 aromatic rings. The fourth-order valence-corrected chi connectivity index (χ4v) is 2.19. The van der Waals surface area contributed by atoms with Gasteiger partial charge in [-0.3, -0.25) is 0 Å². The predicted molar refractivity (Wildman–Crippen MR) is 95.2 cm³/mol. The molecule has 2 aromatic carbocycles. The number of ether oxygens (including phenoxy) is 2. The molecular formula is C18H16N6O2. The molecule has 8 heteroatoms. The molecular weight excluding hydrogens is 332 g/mol. The van der Waals surface area contributed by atoms with Gasteiger partial charge in [0, 0.05) is 18.0 Å². The van der Waals surface area contributed by atoms with E-state index in [1.807, 2.05) is 42.5 Å². The molecule has 0 aliphatic carbocycles. The van der Waals surface area contributed by atoms with Gasteiger partial charge in [0.05, 0.1) is 7.11 Å². The molecule has 0 amide bonds. The summed E-state index contributed by atoms with van der Waals surface area (Å²) < 4.78 is 11.2. The van der Waals surface area contributed by atoms with Crippen LogP contribution in [-0.2, 0) is 6.61 Å². The number of anilines is 1. The van der Waals surface area contributed by atoms with Gasteiger partial charge in [-0.1, -0.05) is 30.3 Å². The van der Waals surface area contributed by atoms with E-state index in [9.17, 15) is 5.26 Å². The summed E-state index contributed by atoms with van der Waals surface area (Å²) >= 11 is 0. The van der Waals surface area contributed by atoms with Crippen molar-refractivity contribution in [2.75, 3.05) is 12.4 Å². The monoisotopic (exact) mass is 348 g/mol. The minimum atomic E-state index is 0.217. The van der Waals surface area contributed by atoms with Crippen LogP contribution in [0.2, 0.25) is 0 Å². The number of hydrogen-bond donors (Lipinski definition) is 2. The normalized spacial score (nSPS) is 10.8. The van der Waals surface area contributed by atoms with Gasteiger partial charge in [-0.05, 0) is 22.9 Å².